The summed E-state index contributed by atoms with van der Waals surface area (Å²) in [4.78, 5) is 4.62. The molecule has 88 valence electrons. The molecule has 2 nitrogen and oxygen atoms in total. The van der Waals surface area contributed by atoms with E-state index in [-0.39, 0.29) is 5.82 Å². The molecular weight excluding hydrogens is 215 g/mol. The fraction of sp³-hybridized carbons (Fsp3) is 0.357. The Morgan fingerprint density at radius 2 is 2.24 bits per heavy atom. The van der Waals surface area contributed by atoms with Gasteiger partial charge in [0, 0.05) is 16.8 Å². The van der Waals surface area contributed by atoms with E-state index >= 15 is 0 Å². The van der Waals surface area contributed by atoms with Gasteiger partial charge in [-0.2, -0.15) is 0 Å². The average Bonchev–Trinajstić information content (AvgIpc) is 2.30. The predicted octanol–water partition coefficient (Wildman–Crippen LogP) is 3.08. The molecule has 0 saturated carbocycles. The van der Waals surface area contributed by atoms with Gasteiger partial charge in [0.25, 0.3) is 0 Å². The monoisotopic (exact) mass is 230 g/mol. The molecule has 1 aliphatic rings. The zero-order valence-corrected chi connectivity index (χ0v) is 9.83. The van der Waals surface area contributed by atoms with Crippen molar-refractivity contribution < 1.29 is 4.39 Å². The molecule has 1 aromatic heterocycles. The van der Waals surface area contributed by atoms with Crippen molar-refractivity contribution in [3.8, 4) is 0 Å². The van der Waals surface area contributed by atoms with Crippen LogP contribution < -0.4 is 5.73 Å². The van der Waals surface area contributed by atoms with E-state index in [9.17, 15) is 4.39 Å². The van der Waals surface area contributed by atoms with Crippen LogP contribution in [0.3, 0.4) is 0 Å². The van der Waals surface area contributed by atoms with Crippen molar-refractivity contribution in [2.24, 2.45) is 5.92 Å². The zero-order chi connectivity index (χ0) is 12.0. The maximum absolute atomic E-state index is 13.2. The lowest BCUT2D eigenvalue weighted by molar-refractivity contribution is 0.494. The summed E-state index contributed by atoms with van der Waals surface area (Å²) < 4.78 is 13.2. The third-order valence-electron chi connectivity index (χ3n) is 3.61. The lowest BCUT2D eigenvalue weighted by Crippen LogP contribution is -2.15. The summed E-state index contributed by atoms with van der Waals surface area (Å²) in [6.07, 6.45) is 3.08. The van der Waals surface area contributed by atoms with Crippen molar-refractivity contribution in [1.82, 2.24) is 4.98 Å². The van der Waals surface area contributed by atoms with Crippen LogP contribution in [-0.4, -0.2) is 4.98 Å². The molecule has 1 unspecified atom stereocenters. The fourth-order valence-electron chi connectivity index (χ4n) is 2.62. The molecule has 0 bridgehead atoms. The molecule has 17 heavy (non-hydrogen) atoms. The van der Waals surface area contributed by atoms with Crippen molar-refractivity contribution in [2.75, 3.05) is 5.73 Å². The molecule has 1 heterocycles. The van der Waals surface area contributed by atoms with Crippen LogP contribution in [0.25, 0.3) is 10.9 Å². The van der Waals surface area contributed by atoms with E-state index in [1.54, 1.807) is 6.07 Å². The second-order valence-corrected chi connectivity index (χ2v) is 4.96. The van der Waals surface area contributed by atoms with Crippen molar-refractivity contribution in [2.45, 2.75) is 26.2 Å². The quantitative estimate of drug-likeness (QED) is 0.755. The van der Waals surface area contributed by atoms with Gasteiger partial charge in [-0.25, -0.2) is 4.39 Å². The van der Waals surface area contributed by atoms with Crippen LogP contribution in [0.4, 0.5) is 10.1 Å². The van der Waals surface area contributed by atoms with Gasteiger partial charge >= 0.3 is 0 Å². The minimum atomic E-state index is -0.255. The third kappa shape index (κ3) is 1.66. The molecule has 1 aliphatic carbocycles. The number of pyridine rings is 1. The summed E-state index contributed by atoms with van der Waals surface area (Å²) in [5.41, 5.74) is 9.89. The van der Waals surface area contributed by atoms with Crippen LogP contribution >= 0.6 is 0 Å². The Morgan fingerprint density at radius 3 is 3.06 bits per heavy atom. The van der Waals surface area contributed by atoms with Crippen LogP contribution in [0.2, 0.25) is 0 Å². The van der Waals surface area contributed by atoms with Crippen LogP contribution in [0.5, 0.6) is 0 Å². The van der Waals surface area contributed by atoms with E-state index in [0.717, 1.165) is 47.1 Å². The molecule has 1 aromatic carbocycles. The first-order chi connectivity index (χ1) is 8.15. The van der Waals surface area contributed by atoms with Gasteiger partial charge in [0.2, 0.25) is 0 Å². The summed E-state index contributed by atoms with van der Waals surface area (Å²) in [6, 6.07) is 4.63. The van der Waals surface area contributed by atoms with Crippen LogP contribution in [0.15, 0.2) is 18.2 Å². The molecule has 3 heteroatoms. The van der Waals surface area contributed by atoms with Crippen molar-refractivity contribution in [3.63, 3.8) is 0 Å². The number of aromatic nitrogens is 1. The lowest BCUT2D eigenvalue weighted by Gasteiger charge is -2.22. The molecule has 0 amide bonds. The number of hydrogen-bond acceptors (Lipinski definition) is 2. The maximum Gasteiger partial charge on any atom is 0.124 e. The summed E-state index contributed by atoms with van der Waals surface area (Å²) >= 11 is 0. The van der Waals surface area contributed by atoms with Crippen LogP contribution in [0.1, 0.15) is 24.6 Å². The molecule has 0 fully saturated rings. The Kier molecular flexibility index (Phi) is 2.28. The maximum atomic E-state index is 13.2. The Labute approximate surface area is 99.7 Å². The van der Waals surface area contributed by atoms with E-state index in [0.29, 0.717) is 5.92 Å². The highest BCUT2D eigenvalue weighted by Gasteiger charge is 2.20. The number of nitrogens with two attached hydrogens (primary N) is 1. The molecule has 0 spiro atoms. The molecule has 3 rings (SSSR count). The smallest absolute Gasteiger partial charge is 0.124 e. The number of nitrogens with zero attached hydrogens (tertiary/aromatic N) is 1. The summed E-state index contributed by atoms with van der Waals surface area (Å²) in [6.45, 7) is 2.23. The topological polar surface area (TPSA) is 38.9 Å². The van der Waals surface area contributed by atoms with Gasteiger partial charge in [-0.15, -0.1) is 0 Å². The van der Waals surface area contributed by atoms with Gasteiger partial charge in [-0.1, -0.05) is 6.92 Å². The van der Waals surface area contributed by atoms with E-state index in [2.05, 4.69) is 11.9 Å². The highest BCUT2D eigenvalue weighted by Crippen LogP contribution is 2.33. The van der Waals surface area contributed by atoms with E-state index in [1.807, 2.05) is 0 Å². The Hall–Kier alpha value is -1.64. The minimum Gasteiger partial charge on any atom is -0.398 e. The standard InChI is InChI=1S/C14H15FN2/c1-8-2-4-10-13(6-8)17-12-5-3-9(15)7-11(12)14(10)16/h3,5,7-8H,2,4,6H2,1H3,(H2,16,17). The normalized spacial score (nSPS) is 19.3. The molecule has 2 aromatic rings. The predicted molar refractivity (Wildman–Crippen MR) is 67.3 cm³/mol. The number of halogens is 1. The fourth-order valence-corrected chi connectivity index (χ4v) is 2.62. The number of nitrogen functional groups attached to an aromatic ring is 1. The van der Waals surface area contributed by atoms with Gasteiger partial charge < -0.3 is 5.73 Å². The van der Waals surface area contributed by atoms with Crippen LogP contribution in [0, 0.1) is 11.7 Å². The van der Waals surface area contributed by atoms with E-state index in [1.165, 1.54) is 12.1 Å². The van der Waals surface area contributed by atoms with Crippen LogP contribution in [-0.2, 0) is 12.8 Å². The molecule has 0 aliphatic heterocycles. The minimum absolute atomic E-state index is 0.255. The second kappa shape index (κ2) is 3.69. The molecule has 0 radical (unpaired) electrons. The SMILES string of the molecule is CC1CCc2c(nc3ccc(F)cc3c2N)C1. The first kappa shape index (κ1) is 10.5. The van der Waals surface area contributed by atoms with Crippen molar-refractivity contribution in [3.05, 3.63) is 35.3 Å². The Morgan fingerprint density at radius 1 is 1.41 bits per heavy atom. The third-order valence-corrected chi connectivity index (χ3v) is 3.61. The molecule has 0 saturated heterocycles. The molecule has 2 N–H and O–H groups in total. The first-order valence-corrected chi connectivity index (χ1v) is 6.01. The molecule has 1 atom stereocenters. The number of anilines is 1. The summed E-state index contributed by atoms with van der Waals surface area (Å²) in [5, 5.41) is 0.748. The highest BCUT2D eigenvalue weighted by atomic mass is 19.1. The second-order valence-electron chi connectivity index (χ2n) is 4.96. The Balaban J connectivity index is 2.28. The number of rotatable bonds is 0. The van der Waals surface area contributed by atoms with Gasteiger partial charge in [-0.05, 0) is 48.9 Å². The number of fused-ring (bicyclic) bond motifs is 2. The van der Waals surface area contributed by atoms with Crippen molar-refractivity contribution >= 4 is 16.6 Å². The molecular formula is C14H15FN2. The van der Waals surface area contributed by atoms with Gasteiger partial charge in [0.05, 0.1) is 5.52 Å². The number of hydrogen-bond donors (Lipinski definition) is 1. The number of benzene rings is 1. The summed E-state index contributed by atoms with van der Waals surface area (Å²) in [7, 11) is 0. The van der Waals surface area contributed by atoms with Gasteiger partial charge in [-0.3, -0.25) is 4.98 Å². The zero-order valence-electron chi connectivity index (χ0n) is 9.83. The van der Waals surface area contributed by atoms with E-state index < -0.39 is 0 Å². The average molecular weight is 230 g/mol. The lowest BCUT2D eigenvalue weighted by atomic mass is 9.86. The van der Waals surface area contributed by atoms with Gasteiger partial charge in [0.1, 0.15) is 5.82 Å². The van der Waals surface area contributed by atoms with Crippen molar-refractivity contribution in [1.29, 1.82) is 0 Å². The van der Waals surface area contributed by atoms with Gasteiger partial charge in [0.15, 0.2) is 0 Å². The first-order valence-electron chi connectivity index (χ1n) is 6.01. The van der Waals surface area contributed by atoms with E-state index in [4.69, 9.17) is 5.73 Å². The summed E-state index contributed by atoms with van der Waals surface area (Å²) in [5.74, 6) is 0.405. The highest BCUT2D eigenvalue weighted by molar-refractivity contribution is 5.92. The Bertz CT molecular complexity index is 592. The largest absolute Gasteiger partial charge is 0.398 e.